The number of aromatic nitrogens is 1. The van der Waals surface area contributed by atoms with Crippen LogP contribution in [0.3, 0.4) is 0 Å². The Bertz CT molecular complexity index is 963. The molecule has 1 aromatic carbocycles. The summed E-state index contributed by atoms with van der Waals surface area (Å²) in [6, 6.07) is 3.29. The monoisotopic (exact) mass is 388 g/mol. The van der Waals surface area contributed by atoms with Crippen LogP contribution in [0.5, 0.6) is 5.75 Å². The number of anilines is 1. The van der Waals surface area contributed by atoms with Crippen molar-refractivity contribution < 1.29 is 14.7 Å². The Labute approximate surface area is 158 Å². The number of amidine groups is 1. The Kier molecular flexibility index (Phi) is 5.10. The van der Waals surface area contributed by atoms with Gasteiger partial charge < -0.3 is 15.7 Å². The van der Waals surface area contributed by atoms with Crippen molar-refractivity contribution in [2.24, 2.45) is 4.99 Å². The number of hydrogen-bond acceptors (Lipinski definition) is 7. The number of carbonyl (C=O) groups is 2. The van der Waals surface area contributed by atoms with Gasteiger partial charge >= 0.3 is 0 Å². The van der Waals surface area contributed by atoms with E-state index in [-0.39, 0.29) is 17.6 Å². The van der Waals surface area contributed by atoms with E-state index >= 15 is 0 Å². The summed E-state index contributed by atoms with van der Waals surface area (Å²) in [6.45, 7) is 5.10. The molecule has 1 saturated heterocycles. The summed E-state index contributed by atoms with van der Waals surface area (Å²) >= 11 is 2.51. The van der Waals surface area contributed by atoms with Gasteiger partial charge in [-0.3, -0.25) is 9.59 Å². The number of phenols is 1. The molecule has 0 spiro atoms. The fraction of sp³-hybridized carbons (Fsp3) is 0.176. The standard InChI is InChI=1S/C17H16N4O3S2/c1-8-9(2)13(23)5-4-12(8)20-17-21-15(24)14(26-17)6-11-7-18-16(25-11)19-10(3)22/h4-7,23H,1-3H3,(H,18,19,22)(H,20,21,24)/b14-6-. The summed E-state index contributed by atoms with van der Waals surface area (Å²) in [4.78, 5) is 33.0. The number of nitrogens with zero attached hydrogens (tertiary/aromatic N) is 2. The van der Waals surface area contributed by atoms with E-state index in [0.29, 0.717) is 20.9 Å². The van der Waals surface area contributed by atoms with Gasteiger partial charge in [0.15, 0.2) is 10.3 Å². The van der Waals surface area contributed by atoms with Crippen LogP contribution in [0.4, 0.5) is 10.8 Å². The molecular formula is C17H16N4O3S2. The number of aromatic hydroxyl groups is 1. The molecule has 0 radical (unpaired) electrons. The normalized spacial score (nSPS) is 17.0. The Balaban J connectivity index is 1.81. The molecule has 0 saturated carbocycles. The highest BCUT2D eigenvalue weighted by Gasteiger charge is 2.24. The lowest BCUT2D eigenvalue weighted by molar-refractivity contribution is -0.115. The zero-order chi connectivity index (χ0) is 18.8. The zero-order valence-electron chi connectivity index (χ0n) is 14.3. The van der Waals surface area contributed by atoms with Gasteiger partial charge in [0, 0.05) is 13.1 Å². The second-order valence-electron chi connectivity index (χ2n) is 5.58. The molecule has 9 heteroatoms. The van der Waals surface area contributed by atoms with Crippen molar-refractivity contribution in [3.05, 3.63) is 39.2 Å². The second-order valence-corrected chi connectivity index (χ2v) is 7.68. The van der Waals surface area contributed by atoms with Gasteiger partial charge in [-0.1, -0.05) is 11.3 Å². The molecule has 0 aliphatic carbocycles. The highest BCUT2D eigenvalue weighted by molar-refractivity contribution is 8.18. The van der Waals surface area contributed by atoms with Crippen molar-refractivity contribution in [1.82, 2.24) is 10.3 Å². The van der Waals surface area contributed by atoms with Gasteiger partial charge in [-0.25, -0.2) is 9.98 Å². The molecule has 2 aromatic rings. The third kappa shape index (κ3) is 3.94. The largest absolute Gasteiger partial charge is 0.508 e. The average molecular weight is 388 g/mol. The number of rotatable bonds is 3. The van der Waals surface area contributed by atoms with Crippen LogP contribution in [0.1, 0.15) is 22.9 Å². The maximum absolute atomic E-state index is 12.2. The van der Waals surface area contributed by atoms with E-state index in [2.05, 4.69) is 20.6 Å². The van der Waals surface area contributed by atoms with Crippen molar-refractivity contribution in [3.8, 4) is 5.75 Å². The van der Waals surface area contributed by atoms with E-state index < -0.39 is 0 Å². The van der Waals surface area contributed by atoms with Crippen LogP contribution in [0, 0.1) is 13.8 Å². The molecule has 1 fully saturated rings. The van der Waals surface area contributed by atoms with E-state index in [1.165, 1.54) is 30.0 Å². The Morgan fingerprint density at radius 2 is 2.12 bits per heavy atom. The van der Waals surface area contributed by atoms with Crippen LogP contribution in [0.25, 0.3) is 6.08 Å². The van der Waals surface area contributed by atoms with E-state index in [1.807, 2.05) is 13.8 Å². The summed E-state index contributed by atoms with van der Waals surface area (Å²) in [6.07, 6.45) is 3.31. The van der Waals surface area contributed by atoms with Gasteiger partial charge in [0.1, 0.15) is 5.75 Å². The fourth-order valence-corrected chi connectivity index (χ4v) is 3.90. The topological polar surface area (TPSA) is 104 Å². The molecule has 1 aliphatic heterocycles. The molecule has 3 N–H and O–H groups in total. The number of thioether (sulfide) groups is 1. The highest BCUT2D eigenvalue weighted by atomic mass is 32.2. The lowest BCUT2D eigenvalue weighted by Crippen LogP contribution is -2.19. The predicted molar refractivity (Wildman–Crippen MR) is 105 cm³/mol. The van der Waals surface area contributed by atoms with Gasteiger partial charge in [0.25, 0.3) is 5.91 Å². The molecule has 1 aliphatic rings. The van der Waals surface area contributed by atoms with Gasteiger partial charge in [-0.2, -0.15) is 0 Å². The van der Waals surface area contributed by atoms with Gasteiger partial charge in [0.05, 0.1) is 15.5 Å². The Morgan fingerprint density at radius 1 is 1.35 bits per heavy atom. The number of benzene rings is 1. The highest BCUT2D eigenvalue weighted by Crippen LogP contribution is 2.33. The number of aliphatic imine (C=N–C) groups is 1. The first-order valence-electron chi connectivity index (χ1n) is 7.65. The first-order chi connectivity index (χ1) is 12.3. The molecule has 2 heterocycles. The van der Waals surface area contributed by atoms with E-state index in [1.54, 1.807) is 24.4 Å². The lowest BCUT2D eigenvalue weighted by atomic mass is 10.1. The summed E-state index contributed by atoms with van der Waals surface area (Å²) in [5.41, 5.74) is 2.30. The number of hydrogen-bond donors (Lipinski definition) is 3. The van der Waals surface area contributed by atoms with Crippen molar-refractivity contribution in [1.29, 1.82) is 0 Å². The van der Waals surface area contributed by atoms with Crippen molar-refractivity contribution in [2.75, 3.05) is 5.32 Å². The van der Waals surface area contributed by atoms with Crippen LogP contribution >= 0.6 is 23.1 Å². The summed E-state index contributed by atoms with van der Waals surface area (Å²) < 4.78 is 0. The SMILES string of the molecule is CC(=O)Nc1ncc(/C=C2\S/C(=N\c3ccc(O)c(C)c3C)NC2=O)s1. The smallest absolute Gasteiger partial charge is 0.264 e. The molecule has 1 aromatic heterocycles. The summed E-state index contributed by atoms with van der Waals surface area (Å²) in [5.74, 6) is -0.216. The number of amides is 2. The third-order valence-corrected chi connectivity index (χ3v) is 5.45. The Morgan fingerprint density at radius 3 is 2.85 bits per heavy atom. The molecule has 26 heavy (non-hydrogen) atoms. The molecule has 0 bridgehead atoms. The van der Waals surface area contributed by atoms with Crippen molar-refractivity contribution in [3.63, 3.8) is 0 Å². The predicted octanol–water partition coefficient (Wildman–Crippen LogP) is 3.32. The molecule has 3 rings (SSSR count). The first-order valence-corrected chi connectivity index (χ1v) is 9.29. The van der Waals surface area contributed by atoms with Crippen LogP contribution in [0.15, 0.2) is 28.2 Å². The number of phenolic OH excluding ortho intramolecular Hbond substituents is 1. The maximum atomic E-state index is 12.2. The summed E-state index contributed by atoms with van der Waals surface area (Å²) in [5, 5.41) is 16.0. The van der Waals surface area contributed by atoms with Crippen molar-refractivity contribution >= 4 is 57.0 Å². The quantitative estimate of drug-likeness (QED) is 0.700. The average Bonchev–Trinajstić information content (AvgIpc) is 3.14. The van der Waals surface area contributed by atoms with Gasteiger partial charge in [0.2, 0.25) is 5.91 Å². The minimum absolute atomic E-state index is 0.194. The van der Waals surface area contributed by atoms with E-state index in [0.717, 1.165) is 16.0 Å². The van der Waals surface area contributed by atoms with E-state index in [4.69, 9.17) is 0 Å². The van der Waals surface area contributed by atoms with Crippen molar-refractivity contribution in [2.45, 2.75) is 20.8 Å². The maximum Gasteiger partial charge on any atom is 0.264 e. The lowest BCUT2D eigenvalue weighted by Gasteiger charge is -2.06. The number of carbonyl (C=O) groups excluding carboxylic acids is 2. The zero-order valence-corrected chi connectivity index (χ0v) is 15.9. The molecule has 0 atom stereocenters. The third-order valence-electron chi connectivity index (χ3n) is 3.68. The van der Waals surface area contributed by atoms with Gasteiger partial charge in [-0.05, 0) is 54.9 Å². The van der Waals surface area contributed by atoms with Gasteiger partial charge in [-0.15, -0.1) is 0 Å². The fourth-order valence-electron chi connectivity index (χ4n) is 2.19. The summed E-state index contributed by atoms with van der Waals surface area (Å²) in [7, 11) is 0. The molecule has 0 unspecified atom stereocenters. The van der Waals surface area contributed by atoms with Crippen LogP contribution in [0.2, 0.25) is 0 Å². The molecule has 134 valence electrons. The van der Waals surface area contributed by atoms with Crippen LogP contribution in [-0.4, -0.2) is 27.1 Å². The van der Waals surface area contributed by atoms with Crippen LogP contribution < -0.4 is 10.6 Å². The molecule has 2 amide bonds. The number of thiazole rings is 1. The van der Waals surface area contributed by atoms with Crippen LogP contribution in [-0.2, 0) is 9.59 Å². The Hall–Kier alpha value is -2.65. The molecular weight excluding hydrogens is 372 g/mol. The minimum Gasteiger partial charge on any atom is -0.508 e. The first kappa shape index (κ1) is 18.2. The second kappa shape index (κ2) is 7.30. The minimum atomic E-state index is -0.239. The number of nitrogens with one attached hydrogen (secondary N) is 2. The van der Waals surface area contributed by atoms with E-state index in [9.17, 15) is 14.7 Å². The molecule has 7 nitrogen and oxygen atoms in total.